The Morgan fingerprint density at radius 3 is 2.69 bits per heavy atom. The van der Waals surface area contributed by atoms with Crippen molar-refractivity contribution in [1.29, 1.82) is 0 Å². The number of ether oxygens (including phenoxy) is 1. The molecular formula is C11H12F3NO. The van der Waals surface area contributed by atoms with Crippen molar-refractivity contribution in [2.24, 2.45) is 0 Å². The summed E-state index contributed by atoms with van der Waals surface area (Å²) in [6, 6.07) is 5.63. The third-order valence-electron chi connectivity index (χ3n) is 2.44. The van der Waals surface area contributed by atoms with Gasteiger partial charge in [-0.3, -0.25) is 0 Å². The molecule has 1 N–H and O–H groups in total. The Balaban J connectivity index is 1.91. The molecule has 0 bridgehead atoms. The molecule has 0 unspecified atom stereocenters. The molecule has 1 aromatic rings. The zero-order valence-electron chi connectivity index (χ0n) is 8.60. The molecule has 0 aliphatic carbocycles. The molecule has 0 atom stereocenters. The van der Waals surface area contributed by atoms with Gasteiger partial charge in [0.05, 0.1) is 19.8 Å². The highest BCUT2D eigenvalue weighted by molar-refractivity contribution is 5.33. The van der Waals surface area contributed by atoms with Crippen molar-refractivity contribution >= 4 is 0 Å². The molecule has 0 saturated heterocycles. The number of hydrogen-bond acceptors (Lipinski definition) is 2. The molecule has 0 spiro atoms. The lowest BCUT2D eigenvalue weighted by Gasteiger charge is -2.08. The summed E-state index contributed by atoms with van der Waals surface area (Å²) in [5, 5.41) is 2.37. The van der Waals surface area contributed by atoms with E-state index in [-0.39, 0.29) is 6.54 Å². The Hall–Kier alpha value is -1.07. The molecule has 1 aliphatic rings. The summed E-state index contributed by atoms with van der Waals surface area (Å²) in [7, 11) is 0. The molecule has 88 valence electrons. The summed E-state index contributed by atoms with van der Waals surface area (Å²) in [6.07, 6.45) is -4.15. The fourth-order valence-electron chi connectivity index (χ4n) is 1.68. The Morgan fingerprint density at radius 1 is 1.19 bits per heavy atom. The van der Waals surface area contributed by atoms with E-state index >= 15 is 0 Å². The number of fused-ring (bicyclic) bond motifs is 1. The van der Waals surface area contributed by atoms with Gasteiger partial charge in [0, 0.05) is 6.54 Å². The lowest BCUT2D eigenvalue weighted by Crippen LogP contribution is -2.28. The van der Waals surface area contributed by atoms with Crippen LogP contribution in [0.1, 0.15) is 16.7 Å². The van der Waals surface area contributed by atoms with Crippen LogP contribution >= 0.6 is 0 Å². The first-order valence-corrected chi connectivity index (χ1v) is 5.00. The minimum Gasteiger partial charge on any atom is -0.372 e. The number of rotatable bonds is 3. The zero-order chi connectivity index (χ0) is 11.6. The van der Waals surface area contributed by atoms with Gasteiger partial charge >= 0.3 is 6.18 Å². The molecule has 0 fully saturated rings. The van der Waals surface area contributed by atoms with E-state index in [1.807, 2.05) is 18.2 Å². The third-order valence-corrected chi connectivity index (χ3v) is 2.44. The summed E-state index contributed by atoms with van der Waals surface area (Å²) in [5.74, 6) is 0. The number of hydrogen-bond donors (Lipinski definition) is 1. The van der Waals surface area contributed by atoms with Crippen molar-refractivity contribution in [2.75, 3.05) is 6.54 Å². The predicted octanol–water partition coefficient (Wildman–Crippen LogP) is 2.37. The van der Waals surface area contributed by atoms with E-state index in [2.05, 4.69) is 5.32 Å². The first kappa shape index (κ1) is 11.4. The SMILES string of the molecule is FC(F)(F)CNCc1ccc2c(c1)COC2. The summed E-state index contributed by atoms with van der Waals surface area (Å²) in [4.78, 5) is 0. The van der Waals surface area contributed by atoms with Crippen LogP contribution < -0.4 is 5.32 Å². The van der Waals surface area contributed by atoms with Crippen LogP contribution in [0.25, 0.3) is 0 Å². The maximum Gasteiger partial charge on any atom is 0.401 e. The van der Waals surface area contributed by atoms with Crippen molar-refractivity contribution in [3.05, 3.63) is 34.9 Å². The maximum absolute atomic E-state index is 11.9. The van der Waals surface area contributed by atoms with Crippen LogP contribution in [0.15, 0.2) is 18.2 Å². The van der Waals surface area contributed by atoms with E-state index < -0.39 is 12.7 Å². The first-order chi connectivity index (χ1) is 7.54. The smallest absolute Gasteiger partial charge is 0.372 e. The molecule has 1 heterocycles. The Bertz CT molecular complexity index is 376. The van der Waals surface area contributed by atoms with Crippen molar-refractivity contribution in [1.82, 2.24) is 5.32 Å². The second-order valence-electron chi connectivity index (χ2n) is 3.81. The molecule has 2 rings (SSSR count). The standard InChI is InChI=1S/C11H12F3NO/c12-11(13,14)7-15-4-8-1-2-9-5-16-6-10(9)3-8/h1-3,15H,4-7H2. The van der Waals surface area contributed by atoms with Crippen LogP contribution in [0.4, 0.5) is 13.2 Å². The van der Waals surface area contributed by atoms with Gasteiger partial charge in [0.1, 0.15) is 0 Å². The second-order valence-corrected chi connectivity index (χ2v) is 3.81. The maximum atomic E-state index is 11.9. The minimum absolute atomic E-state index is 0.229. The highest BCUT2D eigenvalue weighted by atomic mass is 19.4. The molecule has 0 saturated carbocycles. The molecule has 0 amide bonds. The highest BCUT2D eigenvalue weighted by Gasteiger charge is 2.26. The molecule has 0 aromatic heterocycles. The average molecular weight is 231 g/mol. The van der Waals surface area contributed by atoms with Gasteiger partial charge in [-0.2, -0.15) is 13.2 Å². The van der Waals surface area contributed by atoms with E-state index in [1.165, 1.54) is 0 Å². The van der Waals surface area contributed by atoms with Crippen LogP contribution in [-0.4, -0.2) is 12.7 Å². The van der Waals surface area contributed by atoms with Crippen LogP contribution in [0.2, 0.25) is 0 Å². The van der Waals surface area contributed by atoms with Gasteiger partial charge in [-0.25, -0.2) is 0 Å². The molecule has 5 heteroatoms. The first-order valence-electron chi connectivity index (χ1n) is 5.00. The fraction of sp³-hybridized carbons (Fsp3) is 0.455. The average Bonchev–Trinajstić information content (AvgIpc) is 2.62. The van der Waals surface area contributed by atoms with Gasteiger partial charge < -0.3 is 10.1 Å². The lowest BCUT2D eigenvalue weighted by molar-refractivity contribution is -0.125. The lowest BCUT2D eigenvalue weighted by atomic mass is 10.1. The Kier molecular flexibility index (Phi) is 3.16. The Morgan fingerprint density at radius 2 is 1.94 bits per heavy atom. The topological polar surface area (TPSA) is 21.3 Å². The van der Waals surface area contributed by atoms with Crippen molar-refractivity contribution < 1.29 is 17.9 Å². The van der Waals surface area contributed by atoms with E-state index in [4.69, 9.17) is 4.74 Å². The molecule has 2 nitrogen and oxygen atoms in total. The summed E-state index contributed by atoms with van der Waals surface area (Å²) >= 11 is 0. The largest absolute Gasteiger partial charge is 0.401 e. The van der Waals surface area contributed by atoms with Gasteiger partial charge in [0.25, 0.3) is 0 Å². The van der Waals surface area contributed by atoms with Gasteiger partial charge in [-0.15, -0.1) is 0 Å². The zero-order valence-corrected chi connectivity index (χ0v) is 8.60. The van der Waals surface area contributed by atoms with Crippen LogP contribution in [0.5, 0.6) is 0 Å². The number of benzene rings is 1. The molecule has 1 aliphatic heterocycles. The van der Waals surface area contributed by atoms with Crippen LogP contribution in [-0.2, 0) is 24.5 Å². The van der Waals surface area contributed by atoms with Gasteiger partial charge in [0.2, 0.25) is 0 Å². The summed E-state index contributed by atoms with van der Waals surface area (Å²) in [5.41, 5.74) is 3.05. The van der Waals surface area contributed by atoms with E-state index in [0.29, 0.717) is 13.2 Å². The fourth-order valence-corrected chi connectivity index (χ4v) is 1.68. The monoisotopic (exact) mass is 231 g/mol. The number of halogens is 3. The van der Waals surface area contributed by atoms with Crippen molar-refractivity contribution in [3.8, 4) is 0 Å². The molecule has 16 heavy (non-hydrogen) atoms. The van der Waals surface area contributed by atoms with Gasteiger partial charge in [-0.05, 0) is 16.7 Å². The highest BCUT2D eigenvalue weighted by Crippen LogP contribution is 2.21. The van der Waals surface area contributed by atoms with Crippen LogP contribution in [0.3, 0.4) is 0 Å². The normalized spacial score (nSPS) is 15.2. The van der Waals surface area contributed by atoms with Gasteiger partial charge in [-0.1, -0.05) is 18.2 Å². The van der Waals surface area contributed by atoms with Crippen LogP contribution in [0, 0.1) is 0 Å². The summed E-state index contributed by atoms with van der Waals surface area (Å²) in [6.45, 7) is 0.432. The van der Waals surface area contributed by atoms with E-state index in [1.54, 1.807) is 0 Å². The molecular weight excluding hydrogens is 219 g/mol. The van der Waals surface area contributed by atoms with Crippen molar-refractivity contribution in [3.63, 3.8) is 0 Å². The Labute approximate surface area is 91.4 Å². The van der Waals surface area contributed by atoms with Crippen molar-refractivity contribution in [2.45, 2.75) is 25.9 Å². The van der Waals surface area contributed by atoms with E-state index in [0.717, 1.165) is 16.7 Å². The summed E-state index contributed by atoms with van der Waals surface area (Å²) < 4.78 is 40.9. The number of alkyl halides is 3. The number of nitrogens with one attached hydrogen (secondary N) is 1. The molecule has 1 aromatic carbocycles. The second kappa shape index (κ2) is 4.43. The predicted molar refractivity (Wildman–Crippen MR) is 52.7 cm³/mol. The quantitative estimate of drug-likeness (QED) is 0.862. The minimum atomic E-state index is -4.15. The van der Waals surface area contributed by atoms with Gasteiger partial charge in [0.15, 0.2) is 0 Å². The van der Waals surface area contributed by atoms with E-state index in [9.17, 15) is 13.2 Å². The third kappa shape index (κ3) is 2.96. The molecule has 0 radical (unpaired) electrons.